The first-order chi connectivity index (χ1) is 5.75. The molecule has 2 unspecified atom stereocenters. The van der Waals surface area contributed by atoms with Gasteiger partial charge >= 0.3 is 0 Å². The Morgan fingerprint density at radius 3 is 2.75 bits per heavy atom. The van der Waals surface area contributed by atoms with Crippen molar-refractivity contribution in [2.24, 2.45) is 11.7 Å². The van der Waals surface area contributed by atoms with Crippen LogP contribution in [0.4, 0.5) is 0 Å². The molecule has 1 aliphatic carbocycles. The summed E-state index contributed by atoms with van der Waals surface area (Å²) >= 11 is 5.29. The van der Waals surface area contributed by atoms with Gasteiger partial charge in [-0.3, -0.25) is 0 Å². The molecule has 0 saturated heterocycles. The van der Waals surface area contributed by atoms with Crippen molar-refractivity contribution in [3.05, 3.63) is 20.8 Å². The fourth-order valence-corrected chi connectivity index (χ4v) is 3.14. The molecule has 2 rings (SSSR count). The Bertz CT molecular complexity index is 271. The molecular formula is C9H12BrNS. The third kappa shape index (κ3) is 1.73. The van der Waals surface area contributed by atoms with Gasteiger partial charge in [-0.25, -0.2) is 0 Å². The van der Waals surface area contributed by atoms with E-state index in [1.807, 2.05) is 11.3 Å². The standard InChI is InChI=1S/C9H12BrNS/c10-9-4-2-7(12-9)5-6-1-3-8(6)11/h2,4,6,8H,1,3,5,11H2. The lowest BCUT2D eigenvalue weighted by Gasteiger charge is -2.33. The minimum Gasteiger partial charge on any atom is -0.327 e. The summed E-state index contributed by atoms with van der Waals surface area (Å²) in [7, 11) is 0. The summed E-state index contributed by atoms with van der Waals surface area (Å²) in [4.78, 5) is 1.46. The lowest BCUT2D eigenvalue weighted by Crippen LogP contribution is -2.40. The highest BCUT2D eigenvalue weighted by atomic mass is 79.9. The van der Waals surface area contributed by atoms with Crippen LogP contribution in [0.2, 0.25) is 0 Å². The number of nitrogens with two attached hydrogens (primary N) is 1. The van der Waals surface area contributed by atoms with Crippen LogP contribution in [0.25, 0.3) is 0 Å². The molecule has 1 aromatic heterocycles. The van der Waals surface area contributed by atoms with Crippen LogP contribution in [0.1, 0.15) is 17.7 Å². The Hall–Kier alpha value is 0.140. The van der Waals surface area contributed by atoms with Crippen molar-refractivity contribution in [3.63, 3.8) is 0 Å². The zero-order valence-corrected chi connectivity index (χ0v) is 9.20. The Morgan fingerprint density at radius 2 is 2.33 bits per heavy atom. The van der Waals surface area contributed by atoms with Gasteiger partial charge in [-0.15, -0.1) is 11.3 Å². The molecule has 2 atom stereocenters. The minimum atomic E-state index is 0.464. The van der Waals surface area contributed by atoms with E-state index in [2.05, 4.69) is 28.1 Å². The Kier molecular flexibility index (Phi) is 2.53. The van der Waals surface area contributed by atoms with Crippen LogP contribution in [0.15, 0.2) is 15.9 Å². The first-order valence-electron chi connectivity index (χ1n) is 4.25. The van der Waals surface area contributed by atoms with Gasteiger partial charge in [0.25, 0.3) is 0 Å². The van der Waals surface area contributed by atoms with Gasteiger partial charge in [0.15, 0.2) is 0 Å². The maximum Gasteiger partial charge on any atom is 0.0701 e. The molecular weight excluding hydrogens is 234 g/mol. The molecule has 0 amide bonds. The number of hydrogen-bond donors (Lipinski definition) is 1. The zero-order chi connectivity index (χ0) is 8.55. The Labute approximate surface area is 85.1 Å². The van der Waals surface area contributed by atoms with Gasteiger partial charge in [0.1, 0.15) is 0 Å². The van der Waals surface area contributed by atoms with E-state index >= 15 is 0 Å². The molecule has 1 aromatic rings. The van der Waals surface area contributed by atoms with Gasteiger partial charge in [0.2, 0.25) is 0 Å². The second-order valence-electron chi connectivity index (χ2n) is 3.41. The lowest BCUT2D eigenvalue weighted by molar-refractivity contribution is 0.257. The largest absolute Gasteiger partial charge is 0.327 e. The molecule has 0 aromatic carbocycles. The van der Waals surface area contributed by atoms with Crippen LogP contribution >= 0.6 is 27.3 Å². The van der Waals surface area contributed by atoms with E-state index in [1.54, 1.807) is 0 Å². The van der Waals surface area contributed by atoms with Crippen LogP contribution in [-0.4, -0.2) is 6.04 Å². The van der Waals surface area contributed by atoms with E-state index in [1.165, 1.54) is 27.9 Å². The molecule has 66 valence electrons. The van der Waals surface area contributed by atoms with Crippen LogP contribution in [-0.2, 0) is 6.42 Å². The maximum atomic E-state index is 5.87. The molecule has 1 aliphatic rings. The average molecular weight is 246 g/mol. The molecule has 1 fully saturated rings. The molecule has 1 heterocycles. The third-order valence-corrected chi connectivity index (χ3v) is 4.21. The SMILES string of the molecule is NC1CCC1Cc1ccc(Br)s1. The zero-order valence-electron chi connectivity index (χ0n) is 6.79. The van der Waals surface area contributed by atoms with Crippen molar-refractivity contribution in [1.29, 1.82) is 0 Å². The second kappa shape index (κ2) is 3.48. The van der Waals surface area contributed by atoms with Crippen molar-refractivity contribution in [1.82, 2.24) is 0 Å². The molecule has 12 heavy (non-hydrogen) atoms. The highest BCUT2D eigenvalue weighted by Crippen LogP contribution is 2.32. The first kappa shape index (κ1) is 8.73. The molecule has 0 aliphatic heterocycles. The molecule has 0 radical (unpaired) electrons. The van der Waals surface area contributed by atoms with Gasteiger partial charge < -0.3 is 5.73 Å². The van der Waals surface area contributed by atoms with E-state index in [4.69, 9.17) is 5.73 Å². The van der Waals surface area contributed by atoms with E-state index < -0.39 is 0 Å². The van der Waals surface area contributed by atoms with Crippen LogP contribution in [0.3, 0.4) is 0 Å². The van der Waals surface area contributed by atoms with Crippen LogP contribution in [0, 0.1) is 5.92 Å². The van der Waals surface area contributed by atoms with E-state index in [0.717, 1.165) is 5.92 Å². The first-order valence-corrected chi connectivity index (χ1v) is 5.86. The number of rotatable bonds is 2. The summed E-state index contributed by atoms with van der Waals surface area (Å²) in [6.45, 7) is 0. The fourth-order valence-electron chi connectivity index (χ4n) is 1.57. The van der Waals surface area contributed by atoms with Crippen molar-refractivity contribution >= 4 is 27.3 Å². The van der Waals surface area contributed by atoms with E-state index in [9.17, 15) is 0 Å². The molecule has 0 bridgehead atoms. The van der Waals surface area contributed by atoms with Crippen LogP contribution < -0.4 is 5.73 Å². The lowest BCUT2D eigenvalue weighted by atomic mass is 9.78. The summed E-state index contributed by atoms with van der Waals surface area (Å²) in [5.74, 6) is 0.746. The predicted octanol–water partition coefficient (Wildman–Crippen LogP) is 2.79. The van der Waals surface area contributed by atoms with Gasteiger partial charge in [-0.1, -0.05) is 0 Å². The molecule has 1 nitrogen and oxygen atoms in total. The van der Waals surface area contributed by atoms with Gasteiger partial charge in [-0.05, 0) is 53.2 Å². The summed E-state index contributed by atoms with van der Waals surface area (Å²) in [6, 6.07) is 4.77. The summed E-state index contributed by atoms with van der Waals surface area (Å²) in [6.07, 6.45) is 3.71. The Balaban J connectivity index is 1.95. The van der Waals surface area contributed by atoms with Crippen molar-refractivity contribution in [3.8, 4) is 0 Å². The average Bonchev–Trinajstić information content (AvgIpc) is 2.44. The third-order valence-electron chi connectivity index (χ3n) is 2.57. The van der Waals surface area contributed by atoms with Crippen molar-refractivity contribution < 1.29 is 0 Å². The van der Waals surface area contributed by atoms with E-state index in [-0.39, 0.29) is 0 Å². The van der Waals surface area contributed by atoms with E-state index in [0.29, 0.717) is 6.04 Å². The number of halogens is 1. The quantitative estimate of drug-likeness (QED) is 0.853. The highest BCUT2D eigenvalue weighted by molar-refractivity contribution is 9.11. The smallest absolute Gasteiger partial charge is 0.0701 e. The maximum absolute atomic E-state index is 5.87. The van der Waals surface area contributed by atoms with Gasteiger partial charge in [-0.2, -0.15) is 0 Å². The Morgan fingerprint density at radius 1 is 1.50 bits per heavy atom. The van der Waals surface area contributed by atoms with Crippen molar-refractivity contribution in [2.45, 2.75) is 25.3 Å². The second-order valence-corrected chi connectivity index (χ2v) is 5.96. The summed E-state index contributed by atoms with van der Waals surface area (Å²) < 4.78 is 1.23. The predicted molar refractivity (Wildman–Crippen MR) is 56.4 cm³/mol. The molecule has 1 saturated carbocycles. The van der Waals surface area contributed by atoms with Gasteiger partial charge in [0, 0.05) is 10.9 Å². The van der Waals surface area contributed by atoms with Crippen LogP contribution in [0.5, 0.6) is 0 Å². The topological polar surface area (TPSA) is 26.0 Å². The minimum absolute atomic E-state index is 0.464. The monoisotopic (exact) mass is 245 g/mol. The van der Waals surface area contributed by atoms with Crippen molar-refractivity contribution in [2.75, 3.05) is 0 Å². The summed E-state index contributed by atoms with van der Waals surface area (Å²) in [5.41, 5.74) is 5.87. The highest BCUT2D eigenvalue weighted by Gasteiger charge is 2.27. The molecule has 2 N–H and O–H groups in total. The molecule has 0 spiro atoms. The molecule has 3 heteroatoms. The summed E-state index contributed by atoms with van der Waals surface area (Å²) in [5, 5.41) is 0. The fraction of sp³-hybridized carbons (Fsp3) is 0.556. The number of hydrogen-bond acceptors (Lipinski definition) is 2. The normalized spacial score (nSPS) is 28.5. The number of thiophene rings is 1. The van der Waals surface area contributed by atoms with Gasteiger partial charge in [0.05, 0.1) is 3.79 Å².